The number of aryl methyl sites for hydroxylation is 1. The van der Waals surface area contributed by atoms with Crippen LogP contribution >= 0.6 is 0 Å². The van der Waals surface area contributed by atoms with Crippen LogP contribution in [0.3, 0.4) is 0 Å². The Kier molecular flexibility index (Phi) is 2.14. The number of fused-ring (bicyclic) bond motifs is 1. The molecule has 0 spiro atoms. The zero-order valence-corrected chi connectivity index (χ0v) is 8.80. The summed E-state index contributed by atoms with van der Waals surface area (Å²) in [7, 11) is 0. The van der Waals surface area contributed by atoms with E-state index in [1.54, 1.807) is 5.56 Å². The van der Waals surface area contributed by atoms with Crippen LogP contribution in [0.5, 0.6) is 0 Å². The average Bonchev–Trinajstić information content (AvgIpc) is 2.60. The van der Waals surface area contributed by atoms with E-state index in [2.05, 4.69) is 30.6 Å². The molecule has 1 heterocycles. The Balaban J connectivity index is 2.47. The van der Waals surface area contributed by atoms with E-state index in [1.165, 1.54) is 30.7 Å². The normalized spacial score (nSPS) is 15.4. The van der Waals surface area contributed by atoms with Crippen molar-refractivity contribution < 1.29 is 0 Å². The van der Waals surface area contributed by atoms with Crippen LogP contribution in [0.15, 0.2) is 0 Å². The number of nitrogens with zero attached hydrogens (tertiary/aromatic N) is 2. The lowest BCUT2D eigenvalue weighted by Crippen LogP contribution is -2.08. The maximum absolute atomic E-state index is 4.68. The van der Waals surface area contributed by atoms with Gasteiger partial charge in [-0.25, -0.2) is 0 Å². The van der Waals surface area contributed by atoms with Crippen LogP contribution in [0.1, 0.15) is 50.2 Å². The molecule has 1 aliphatic rings. The van der Waals surface area contributed by atoms with Crippen molar-refractivity contribution in [1.82, 2.24) is 9.78 Å². The third kappa shape index (κ3) is 1.28. The highest BCUT2D eigenvalue weighted by atomic mass is 15.3. The minimum atomic E-state index is 0.514. The van der Waals surface area contributed by atoms with Crippen molar-refractivity contribution in [2.45, 2.75) is 52.5 Å². The van der Waals surface area contributed by atoms with E-state index in [4.69, 9.17) is 0 Å². The largest absolute Gasteiger partial charge is 0.267 e. The second-order valence-corrected chi connectivity index (χ2v) is 4.12. The fourth-order valence-corrected chi connectivity index (χ4v) is 2.28. The maximum Gasteiger partial charge on any atom is 0.0659 e. The predicted molar refractivity (Wildman–Crippen MR) is 54.0 cm³/mol. The van der Waals surface area contributed by atoms with Crippen LogP contribution in [-0.4, -0.2) is 9.78 Å². The van der Waals surface area contributed by atoms with E-state index in [9.17, 15) is 0 Å². The van der Waals surface area contributed by atoms with Gasteiger partial charge in [-0.3, -0.25) is 4.68 Å². The van der Waals surface area contributed by atoms with Gasteiger partial charge in [0, 0.05) is 11.7 Å². The second-order valence-electron chi connectivity index (χ2n) is 4.12. The summed E-state index contributed by atoms with van der Waals surface area (Å²) in [6.45, 7) is 6.65. The standard InChI is InChI=1S/C11H18N2/c1-4-11-9-6-5-7-10(9)12-13(11)8(2)3/h8H,4-7H2,1-3H3. The third-order valence-corrected chi connectivity index (χ3v) is 2.87. The lowest BCUT2D eigenvalue weighted by molar-refractivity contribution is 0.503. The van der Waals surface area contributed by atoms with Crippen LogP contribution in [-0.2, 0) is 19.3 Å². The molecule has 0 bridgehead atoms. The first-order valence-corrected chi connectivity index (χ1v) is 5.33. The molecule has 0 unspecified atom stereocenters. The molecule has 0 fully saturated rings. The molecule has 0 N–H and O–H groups in total. The Morgan fingerprint density at radius 3 is 2.77 bits per heavy atom. The highest BCUT2D eigenvalue weighted by Gasteiger charge is 2.21. The summed E-state index contributed by atoms with van der Waals surface area (Å²) in [6.07, 6.45) is 4.89. The lowest BCUT2D eigenvalue weighted by Gasteiger charge is -2.10. The molecule has 2 heteroatoms. The quantitative estimate of drug-likeness (QED) is 0.680. The molecule has 1 aliphatic carbocycles. The van der Waals surface area contributed by atoms with Crippen molar-refractivity contribution in [2.24, 2.45) is 0 Å². The summed E-state index contributed by atoms with van der Waals surface area (Å²) in [6, 6.07) is 0.514. The smallest absolute Gasteiger partial charge is 0.0659 e. The van der Waals surface area contributed by atoms with Crippen LogP contribution in [0.2, 0.25) is 0 Å². The molecule has 0 aromatic carbocycles. The number of hydrogen-bond acceptors (Lipinski definition) is 1. The topological polar surface area (TPSA) is 17.8 Å². The van der Waals surface area contributed by atoms with Crippen molar-refractivity contribution in [3.63, 3.8) is 0 Å². The van der Waals surface area contributed by atoms with Crippen molar-refractivity contribution in [3.8, 4) is 0 Å². The Morgan fingerprint density at radius 2 is 2.15 bits per heavy atom. The molecule has 0 saturated heterocycles. The van der Waals surface area contributed by atoms with Crippen LogP contribution in [0, 0.1) is 0 Å². The van der Waals surface area contributed by atoms with Gasteiger partial charge in [-0.05, 0) is 45.1 Å². The summed E-state index contributed by atoms with van der Waals surface area (Å²) >= 11 is 0. The monoisotopic (exact) mass is 178 g/mol. The number of aromatic nitrogens is 2. The molecule has 0 saturated carbocycles. The van der Waals surface area contributed by atoms with Gasteiger partial charge >= 0.3 is 0 Å². The first-order valence-electron chi connectivity index (χ1n) is 5.33. The van der Waals surface area contributed by atoms with Crippen LogP contribution in [0.25, 0.3) is 0 Å². The summed E-state index contributed by atoms with van der Waals surface area (Å²) < 4.78 is 2.21. The van der Waals surface area contributed by atoms with E-state index in [1.807, 2.05) is 0 Å². The van der Waals surface area contributed by atoms with E-state index in [-0.39, 0.29) is 0 Å². The summed E-state index contributed by atoms with van der Waals surface area (Å²) in [5.74, 6) is 0. The van der Waals surface area contributed by atoms with Gasteiger partial charge < -0.3 is 0 Å². The van der Waals surface area contributed by atoms with Crippen LogP contribution in [0.4, 0.5) is 0 Å². The lowest BCUT2D eigenvalue weighted by atomic mass is 10.1. The van der Waals surface area contributed by atoms with Crippen molar-refractivity contribution >= 4 is 0 Å². The molecule has 1 aromatic rings. The molecule has 1 aromatic heterocycles. The molecular formula is C11H18N2. The maximum atomic E-state index is 4.68. The van der Waals surface area contributed by atoms with Crippen molar-refractivity contribution in [2.75, 3.05) is 0 Å². The SMILES string of the molecule is CCc1c2c(nn1C(C)C)CCC2. The van der Waals surface area contributed by atoms with Gasteiger partial charge in [-0.1, -0.05) is 6.92 Å². The Bertz CT molecular complexity index is 310. The van der Waals surface area contributed by atoms with Crippen molar-refractivity contribution in [1.29, 1.82) is 0 Å². The molecule has 2 nitrogen and oxygen atoms in total. The Labute approximate surface area is 80.0 Å². The van der Waals surface area contributed by atoms with E-state index in [0.29, 0.717) is 6.04 Å². The summed E-state index contributed by atoms with van der Waals surface area (Å²) in [5, 5.41) is 4.68. The van der Waals surface area contributed by atoms with Gasteiger partial charge in [0.05, 0.1) is 5.69 Å². The van der Waals surface area contributed by atoms with Crippen molar-refractivity contribution in [3.05, 3.63) is 17.0 Å². The molecule has 0 amide bonds. The van der Waals surface area contributed by atoms with E-state index < -0.39 is 0 Å². The first kappa shape index (κ1) is 8.79. The number of hydrogen-bond donors (Lipinski definition) is 0. The fraction of sp³-hybridized carbons (Fsp3) is 0.727. The molecule has 0 atom stereocenters. The highest BCUT2D eigenvalue weighted by molar-refractivity contribution is 5.30. The predicted octanol–water partition coefficient (Wildman–Crippen LogP) is 2.52. The van der Waals surface area contributed by atoms with Gasteiger partial charge in [0.25, 0.3) is 0 Å². The molecular weight excluding hydrogens is 160 g/mol. The van der Waals surface area contributed by atoms with Gasteiger partial charge in [0.1, 0.15) is 0 Å². The minimum Gasteiger partial charge on any atom is -0.267 e. The Hall–Kier alpha value is -0.790. The molecule has 0 radical (unpaired) electrons. The fourth-order valence-electron chi connectivity index (χ4n) is 2.28. The van der Waals surface area contributed by atoms with Gasteiger partial charge in [-0.15, -0.1) is 0 Å². The highest BCUT2D eigenvalue weighted by Crippen LogP contribution is 2.26. The average molecular weight is 178 g/mol. The zero-order valence-electron chi connectivity index (χ0n) is 8.80. The molecule has 2 rings (SSSR count). The third-order valence-electron chi connectivity index (χ3n) is 2.87. The van der Waals surface area contributed by atoms with Gasteiger partial charge in [0.15, 0.2) is 0 Å². The molecule has 0 aliphatic heterocycles. The van der Waals surface area contributed by atoms with Gasteiger partial charge in [0.2, 0.25) is 0 Å². The summed E-state index contributed by atoms with van der Waals surface area (Å²) in [4.78, 5) is 0. The zero-order chi connectivity index (χ0) is 9.42. The van der Waals surface area contributed by atoms with E-state index in [0.717, 1.165) is 6.42 Å². The Morgan fingerprint density at radius 1 is 1.38 bits per heavy atom. The molecule has 13 heavy (non-hydrogen) atoms. The van der Waals surface area contributed by atoms with Crippen LogP contribution < -0.4 is 0 Å². The second kappa shape index (κ2) is 3.17. The number of rotatable bonds is 2. The summed E-state index contributed by atoms with van der Waals surface area (Å²) in [5.41, 5.74) is 4.39. The first-order chi connectivity index (χ1) is 6.24. The minimum absolute atomic E-state index is 0.514. The van der Waals surface area contributed by atoms with Gasteiger partial charge in [-0.2, -0.15) is 5.10 Å². The molecule has 72 valence electrons. The van der Waals surface area contributed by atoms with E-state index >= 15 is 0 Å².